The number of benzene rings is 1. The van der Waals surface area contributed by atoms with Crippen LogP contribution in [0.3, 0.4) is 0 Å². The van der Waals surface area contributed by atoms with Crippen LogP contribution < -0.4 is 15.4 Å². The van der Waals surface area contributed by atoms with Crippen molar-refractivity contribution in [1.29, 1.82) is 0 Å². The van der Waals surface area contributed by atoms with Gasteiger partial charge in [0.25, 0.3) is 0 Å². The van der Waals surface area contributed by atoms with Crippen molar-refractivity contribution in [2.24, 2.45) is 0 Å². The van der Waals surface area contributed by atoms with Gasteiger partial charge < -0.3 is 15.4 Å². The molecular weight excluding hydrogens is 271 g/mol. The number of carbonyl (C=O) groups is 1. The number of nitrogens with one attached hydrogen (secondary N) is 2. The van der Waals surface area contributed by atoms with E-state index in [1.54, 1.807) is 18.2 Å². The Hall–Kier alpha value is -1.62. The molecule has 0 saturated carbocycles. The lowest BCUT2D eigenvalue weighted by Crippen LogP contribution is -2.46. The van der Waals surface area contributed by atoms with Crippen LogP contribution in [0.15, 0.2) is 24.3 Å². The zero-order valence-electron chi connectivity index (χ0n) is 12.4. The van der Waals surface area contributed by atoms with Gasteiger partial charge in [0.2, 0.25) is 5.91 Å². The average molecular weight is 294 g/mol. The highest BCUT2D eigenvalue weighted by Crippen LogP contribution is 2.15. The molecule has 2 rings (SSSR count). The first-order valence-electron chi connectivity index (χ1n) is 7.55. The van der Waals surface area contributed by atoms with E-state index >= 15 is 0 Å². The fourth-order valence-electron chi connectivity index (χ4n) is 2.54. The maximum absolute atomic E-state index is 13.3. The molecule has 1 aliphatic heterocycles. The Kier molecular flexibility index (Phi) is 5.99. The van der Waals surface area contributed by atoms with E-state index in [1.807, 2.05) is 0 Å². The van der Waals surface area contributed by atoms with Crippen LogP contribution in [0.2, 0.25) is 0 Å². The number of para-hydroxylation sites is 1. The highest BCUT2D eigenvalue weighted by Gasteiger charge is 2.19. The third kappa shape index (κ3) is 5.34. The van der Waals surface area contributed by atoms with E-state index in [2.05, 4.69) is 17.6 Å². The lowest BCUT2D eigenvalue weighted by molar-refractivity contribution is -0.122. The van der Waals surface area contributed by atoms with Gasteiger partial charge >= 0.3 is 0 Å². The van der Waals surface area contributed by atoms with E-state index in [4.69, 9.17) is 4.74 Å². The lowest BCUT2D eigenvalue weighted by atomic mass is 10.0. The minimum Gasteiger partial charge on any atom is -0.491 e. The van der Waals surface area contributed by atoms with Gasteiger partial charge in [-0.25, -0.2) is 4.39 Å². The van der Waals surface area contributed by atoms with E-state index in [0.717, 1.165) is 19.4 Å². The molecule has 1 amide bonds. The number of piperidine rings is 1. The smallest absolute Gasteiger partial charge is 0.220 e. The molecule has 1 aliphatic rings. The van der Waals surface area contributed by atoms with Gasteiger partial charge in [-0.3, -0.25) is 4.79 Å². The summed E-state index contributed by atoms with van der Waals surface area (Å²) >= 11 is 0. The lowest BCUT2D eigenvalue weighted by Gasteiger charge is -2.28. The molecule has 0 radical (unpaired) electrons. The molecule has 116 valence electrons. The Bertz CT molecular complexity index is 467. The van der Waals surface area contributed by atoms with Crippen LogP contribution >= 0.6 is 0 Å². The van der Waals surface area contributed by atoms with Gasteiger partial charge in [-0.05, 0) is 44.9 Å². The van der Waals surface area contributed by atoms with Crippen LogP contribution in [0.1, 0.15) is 32.6 Å². The molecule has 4 nitrogen and oxygen atoms in total. The van der Waals surface area contributed by atoms with Crippen molar-refractivity contribution in [3.8, 4) is 5.75 Å². The Morgan fingerprint density at radius 3 is 3.05 bits per heavy atom. The van der Waals surface area contributed by atoms with Crippen molar-refractivity contribution in [3.05, 3.63) is 30.1 Å². The van der Waals surface area contributed by atoms with Crippen LogP contribution in [0.5, 0.6) is 5.75 Å². The summed E-state index contributed by atoms with van der Waals surface area (Å²) in [6.07, 6.45) is 2.94. The van der Waals surface area contributed by atoms with Crippen molar-refractivity contribution in [1.82, 2.24) is 10.6 Å². The first-order valence-corrected chi connectivity index (χ1v) is 7.55. The average Bonchev–Trinajstić information content (AvgIpc) is 2.45. The summed E-state index contributed by atoms with van der Waals surface area (Å²) in [6, 6.07) is 7.01. The molecule has 21 heavy (non-hydrogen) atoms. The topological polar surface area (TPSA) is 50.4 Å². The number of hydrogen-bond donors (Lipinski definition) is 2. The van der Waals surface area contributed by atoms with E-state index in [1.165, 1.54) is 6.07 Å². The molecule has 1 heterocycles. The Labute approximate surface area is 125 Å². The van der Waals surface area contributed by atoms with Crippen molar-refractivity contribution < 1.29 is 13.9 Å². The maximum Gasteiger partial charge on any atom is 0.220 e. The molecule has 5 heteroatoms. The quantitative estimate of drug-likeness (QED) is 0.791. The fraction of sp³-hybridized carbons (Fsp3) is 0.562. The molecule has 2 unspecified atom stereocenters. The number of amides is 1. The molecule has 1 saturated heterocycles. The minimum absolute atomic E-state index is 0.0474. The molecule has 2 atom stereocenters. The Morgan fingerprint density at radius 2 is 2.29 bits per heavy atom. The number of rotatable bonds is 6. The minimum atomic E-state index is -0.370. The summed E-state index contributed by atoms with van der Waals surface area (Å²) in [7, 11) is 0. The monoisotopic (exact) mass is 294 g/mol. The van der Waals surface area contributed by atoms with Gasteiger partial charge in [0, 0.05) is 18.5 Å². The normalized spacial score (nSPS) is 21.8. The van der Waals surface area contributed by atoms with Crippen LogP contribution in [-0.2, 0) is 4.79 Å². The zero-order valence-corrected chi connectivity index (χ0v) is 12.4. The first kappa shape index (κ1) is 15.8. The van der Waals surface area contributed by atoms with Crippen LogP contribution in [0.25, 0.3) is 0 Å². The summed E-state index contributed by atoms with van der Waals surface area (Å²) in [5.41, 5.74) is 0. The van der Waals surface area contributed by atoms with Gasteiger partial charge in [-0.2, -0.15) is 0 Å². The van der Waals surface area contributed by atoms with E-state index < -0.39 is 0 Å². The zero-order chi connectivity index (χ0) is 15.1. The Morgan fingerprint density at radius 1 is 1.48 bits per heavy atom. The summed E-state index contributed by atoms with van der Waals surface area (Å²) < 4.78 is 18.6. The third-order valence-corrected chi connectivity index (χ3v) is 3.63. The predicted octanol–water partition coefficient (Wildman–Crippen LogP) is 2.24. The molecular formula is C16H23FN2O2. The van der Waals surface area contributed by atoms with E-state index in [0.29, 0.717) is 25.5 Å². The third-order valence-electron chi connectivity index (χ3n) is 3.63. The summed E-state index contributed by atoms with van der Waals surface area (Å²) in [5, 5.41) is 6.40. The second kappa shape index (κ2) is 7.98. The number of carbonyl (C=O) groups excluding carboxylic acids is 1. The summed E-state index contributed by atoms with van der Waals surface area (Å²) in [6.45, 7) is 3.42. The number of ether oxygens (including phenoxy) is 1. The van der Waals surface area contributed by atoms with E-state index in [9.17, 15) is 9.18 Å². The SMILES string of the molecule is CC1CC(NC(=O)CCCOc2ccccc2F)CCN1. The second-order valence-corrected chi connectivity index (χ2v) is 5.53. The van der Waals surface area contributed by atoms with Gasteiger partial charge in [-0.1, -0.05) is 12.1 Å². The highest BCUT2D eigenvalue weighted by atomic mass is 19.1. The van der Waals surface area contributed by atoms with Gasteiger partial charge in [0.1, 0.15) is 0 Å². The van der Waals surface area contributed by atoms with Crippen LogP contribution in [0.4, 0.5) is 4.39 Å². The summed E-state index contributed by atoms with van der Waals surface area (Å²) in [5.74, 6) is -0.0815. The van der Waals surface area contributed by atoms with Crippen molar-refractivity contribution in [2.45, 2.75) is 44.7 Å². The molecule has 1 fully saturated rings. The Balaban J connectivity index is 1.62. The van der Waals surface area contributed by atoms with Crippen LogP contribution in [-0.4, -0.2) is 31.1 Å². The van der Waals surface area contributed by atoms with Crippen molar-refractivity contribution in [2.75, 3.05) is 13.2 Å². The summed E-state index contributed by atoms with van der Waals surface area (Å²) in [4.78, 5) is 11.8. The standard InChI is InChI=1S/C16H23FN2O2/c1-12-11-13(8-9-18-12)19-16(20)7-4-10-21-15-6-3-2-5-14(15)17/h2-3,5-6,12-13,18H,4,7-11H2,1H3,(H,19,20). The second-order valence-electron chi connectivity index (χ2n) is 5.53. The predicted molar refractivity (Wildman–Crippen MR) is 79.8 cm³/mol. The van der Waals surface area contributed by atoms with Crippen molar-refractivity contribution in [3.63, 3.8) is 0 Å². The van der Waals surface area contributed by atoms with Gasteiger partial charge in [0.15, 0.2) is 11.6 Å². The molecule has 1 aromatic rings. The fourth-order valence-corrected chi connectivity index (χ4v) is 2.54. The van der Waals surface area contributed by atoms with Gasteiger partial charge in [-0.15, -0.1) is 0 Å². The molecule has 1 aromatic carbocycles. The highest BCUT2D eigenvalue weighted by molar-refractivity contribution is 5.76. The molecule has 0 aromatic heterocycles. The number of halogens is 1. The number of hydrogen-bond acceptors (Lipinski definition) is 3. The molecule has 2 N–H and O–H groups in total. The molecule has 0 spiro atoms. The van der Waals surface area contributed by atoms with Crippen molar-refractivity contribution >= 4 is 5.91 Å². The molecule has 0 bridgehead atoms. The van der Waals surface area contributed by atoms with Crippen LogP contribution in [0, 0.1) is 5.82 Å². The largest absolute Gasteiger partial charge is 0.491 e. The van der Waals surface area contributed by atoms with E-state index in [-0.39, 0.29) is 23.5 Å². The molecule has 0 aliphatic carbocycles. The maximum atomic E-state index is 13.3. The van der Waals surface area contributed by atoms with Gasteiger partial charge in [0.05, 0.1) is 6.61 Å². The first-order chi connectivity index (χ1) is 10.1.